The second-order valence-corrected chi connectivity index (χ2v) is 5.47. The van der Waals surface area contributed by atoms with E-state index in [1.807, 2.05) is 31.2 Å². The number of nitrogens with zero attached hydrogens (tertiary/aromatic N) is 3. The Morgan fingerprint density at radius 1 is 1.38 bits per heavy atom. The Balaban J connectivity index is 0.000000177. The third-order valence-electron chi connectivity index (χ3n) is 3.94. The zero-order chi connectivity index (χ0) is 17.5. The van der Waals surface area contributed by atoms with E-state index in [1.54, 1.807) is 17.2 Å². The first-order valence-electron chi connectivity index (χ1n) is 7.91. The molecule has 3 rings (SSSR count). The van der Waals surface area contributed by atoms with E-state index in [-0.39, 0.29) is 11.9 Å². The van der Waals surface area contributed by atoms with Gasteiger partial charge in [0, 0.05) is 24.5 Å². The summed E-state index contributed by atoms with van der Waals surface area (Å²) in [5.41, 5.74) is 6.52. The molecule has 1 unspecified atom stereocenters. The number of nitriles is 1. The lowest BCUT2D eigenvalue weighted by Gasteiger charge is -2.17. The van der Waals surface area contributed by atoms with Crippen molar-refractivity contribution in [2.75, 3.05) is 6.54 Å². The molecule has 1 saturated heterocycles. The molecule has 2 aromatic rings. The van der Waals surface area contributed by atoms with Gasteiger partial charge < -0.3 is 10.6 Å². The zero-order valence-electron chi connectivity index (χ0n) is 13.6. The molecule has 6 heteroatoms. The Bertz CT molecular complexity index is 777. The van der Waals surface area contributed by atoms with Crippen LogP contribution in [0.3, 0.4) is 0 Å². The highest BCUT2D eigenvalue weighted by Gasteiger charge is 2.26. The van der Waals surface area contributed by atoms with Crippen molar-refractivity contribution >= 4 is 22.7 Å². The van der Waals surface area contributed by atoms with Crippen molar-refractivity contribution in [3.63, 3.8) is 0 Å². The molecule has 1 aliphatic heterocycles. The number of benzene rings is 1. The summed E-state index contributed by atoms with van der Waals surface area (Å²) in [6.45, 7) is 2.60. The Hall–Kier alpha value is -2.94. The smallest absolute Gasteiger partial charge is 0.249 e. The lowest BCUT2D eigenvalue weighted by molar-refractivity contribution is -0.130. The molecule has 1 aliphatic rings. The number of carbonyl (C=O) groups is 2. The summed E-state index contributed by atoms with van der Waals surface area (Å²) < 4.78 is 0. The van der Waals surface area contributed by atoms with Crippen molar-refractivity contribution in [1.29, 1.82) is 5.26 Å². The number of aromatic nitrogens is 1. The fraction of sp³-hybridized carbons (Fsp3) is 0.333. The molecule has 124 valence electrons. The normalized spacial score (nSPS) is 16.2. The average Bonchev–Trinajstić information content (AvgIpc) is 3.09. The number of hydrogen-bond donors (Lipinski definition) is 1. The number of amides is 2. The summed E-state index contributed by atoms with van der Waals surface area (Å²) >= 11 is 0. The standard InChI is InChI=1S/C10H8N2O.C8H12N2O/c11-10(13)8-5-6-12-9-4-2-1-3-7(8)9;1-2-8(11)10-5-3-4-7(10)6-9/h1-6H,(H2,11,13);7H,2-5H2,1H3. The van der Waals surface area contributed by atoms with Gasteiger partial charge in [0.25, 0.3) is 0 Å². The molecule has 2 heterocycles. The molecule has 0 spiro atoms. The van der Waals surface area contributed by atoms with Crippen LogP contribution in [-0.2, 0) is 4.79 Å². The van der Waals surface area contributed by atoms with E-state index >= 15 is 0 Å². The first-order chi connectivity index (χ1) is 11.6. The molecule has 1 aromatic heterocycles. The highest BCUT2D eigenvalue weighted by atomic mass is 16.2. The van der Waals surface area contributed by atoms with E-state index in [4.69, 9.17) is 11.0 Å². The quantitative estimate of drug-likeness (QED) is 0.915. The third-order valence-corrected chi connectivity index (χ3v) is 3.94. The van der Waals surface area contributed by atoms with Gasteiger partial charge in [0.15, 0.2) is 0 Å². The number of primary amides is 1. The van der Waals surface area contributed by atoms with Crippen LogP contribution in [0.4, 0.5) is 0 Å². The van der Waals surface area contributed by atoms with Gasteiger partial charge in [-0.25, -0.2) is 0 Å². The molecule has 0 radical (unpaired) electrons. The van der Waals surface area contributed by atoms with Crippen LogP contribution in [0.15, 0.2) is 36.5 Å². The number of carbonyl (C=O) groups excluding carboxylic acids is 2. The molecule has 0 saturated carbocycles. The predicted octanol–water partition coefficient (Wildman–Crippen LogP) is 2.24. The van der Waals surface area contributed by atoms with Gasteiger partial charge in [0.05, 0.1) is 17.1 Å². The van der Waals surface area contributed by atoms with Crippen LogP contribution in [0.5, 0.6) is 0 Å². The molecular weight excluding hydrogens is 304 g/mol. The van der Waals surface area contributed by atoms with E-state index in [0.29, 0.717) is 12.0 Å². The maximum absolute atomic E-state index is 11.2. The molecule has 24 heavy (non-hydrogen) atoms. The lowest BCUT2D eigenvalue weighted by Crippen LogP contribution is -2.33. The van der Waals surface area contributed by atoms with Crippen molar-refractivity contribution in [2.45, 2.75) is 32.2 Å². The molecule has 1 aromatic carbocycles. The molecule has 1 atom stereocenters. The number of likely N-dealkylation sites (tertiary alicyclic amines) is 1. The van der Waals surface area contributed by atoms with Gasteiger partial charge >= 0.3 is 0 Å². The fourth-order valence-corrected chi connectivity index (χ4v) is 2.71. The van der Waals surface area contributed by atoms with Crippen molar-refractivity contribution < 1.29 is 9.59 Å². The van der Waals surface area contributed by atoms with E-state index in [1.165, 1.54) is 0 Å². The first-order valence-corrected chi connectivity index (χ1v) is 7.91. The van der Waals surface area contributed by atoms with Crippen LogP contribution in [0.1, 0.15) is 36.5 Å². The van der Waals surface area contributed by atoms with Gasteiger partial charge in [-0.1, -0.05) is 25.1 Å². The average molecular weight is 324 g/mol. The number of rotatable bonds is 2. The maximum Gasteiger partial charge on any atom is 0.249 e. The summed E-state index contributed by atoms with van der Waals surface area (Å²) in [7, 11) is 0. The van der Waals surface area contributed by atoms with E-state index < -0.39 is 5.91 Å². The summed E-state index contributed by atoms with van der Waals surface area (Å²) in [6.07, 6.45) is 3.92. The number of pyridine rings is 1. The van der Waals surface area contributed by atoms with Crippen LogP contribution in [-0.4, -0.2) is 34.3 Å². The monoisotopic (exact) mass is 324 g/mol. The lowest BCUT2D eigenvalue weighted by atomic mass is 10.1. The molecule has 1 fully saturated rings. The van der Waals surface area contributed by atoms with Gasteiger partial charge in [0.2, 0.25) is 11.8 Å². The predicted molar refractivity (Wildman–Crippen MR) is 90.9 cm³/mol. The van der Waals surface area contributed by atoms with Crippen LogP contribution >= 0.6 is 0 Å². The second-order valence-electron chi connectivity index (χ2n) is 5.47. The first kappa shape index (κ1) is 17.4. The minimum absolute atomic E-state index is 0.106. The molecule has 0 aliphatic carbocycles. The number of para-hydroxylation sites is 1. The van der Waals surface area contributed by atoms with E-state index in [2.05, 4.69) is 11.1 Å². The highest BCUT2D eigenvalue weighted by molar-refractivity contribution is 6.05. The van der Waals surface area contributed by atoms with Gasteiger partial charge in [-0.05, 0) is 25.0 Å². The van der Waals surface area contributed by atoms with Crippen molar-refractivity contribution in [3.8, 4) is 6.07 Å². The van der Waals surface area contributed by atoms with E-state index in [0.717, 1.165) is 30.3 Å². The highest BCUT2D eigenvalue weighted by Crippen LogP contribution is 2.17. The van der Waals surface area contributed by atoms with Gasteiger partial charge in [-0.15, -0.1) is 0 Å². The number of fused-ring (bicyclic) bond motifs is 1. The van der Waals surface area contributed by atoms with Crippen molar-refractivity contribution in [2.24, 2.45) is 5.73 Å². The Morgan fingerprint density at radius 2 is 2.12 bits per heavy atom. The molecule has 2 amide bonds. The van der Waals surface area contributed by atoms with Crippen LogP contribution < -0.4 is 5.73 Å². The summed E-state index contributed by atoms with van der Waals surface area (Å²) in [4.78, 5) is 28.0. The van der Waals surface area contributed by atoms with Crippen molar-refractivity contribution in [3.05, 3.63) is 42.1 Å². The largest absolute Gasteiger partial charge is 0.366 e. The molecule has 2 N–H and O–H groups in total. The Morgan fingerprint density at radius 3 is 2.79 bits per heavy atom. The SMILES string of the molecule is CCC(=O)N1CCCC1C#N.NC(=O)c1ccnc2ccccc12. The Labute approximate surface area is 140 Å². The van der Waals surface area contributed by atoms with Crippen LogP contribution in [0.25, 0.3) is 10.9 Å². The third kappa shape index (κ3) is 3.87. The zero-order valence-corrected chi connectivity index (χ0v) is 13.6. The van der Waals surface area contributed by atoms with Crippen LogP contribution in [0, 0.1) is 11.3 Å². The fourth-order valence-electron chi connectivity index (χ4n) is 2.71. The van der Waals surface area contributed by atoms with Crippen LogP contribution in [0.2, 0.25) is 0 Å². The summed E-state index contributed by atoms with van der Waals surface area (Å²) in [6, 6.07) is 11.0. The molecule has 0 bridgehead atoms. The number of nitrogens with two attached hydrogens (primary N) is 1. The molecular formula is C18H20N4O2. The van der Waals surface area contributed by atoms with Crippen molar-refractivity contribution in [1.82, 2.24) is 9.88 Å². The van der Waals surface area contributed by atoms with Gasteiger partial charge in [-0.2, -0.15) is 5.26 Å². The van der Waals surface area contributed by atoms with Gasteiger partial charge in [-0.3, -0.25) is 14.6 Å². The molecule has 6 nitrogen and oxygen atoms in total. The maximum atomic E-state index is 11.2. The summed E-state index contributed by atoms with van der Waals surface area (Å²) in [5, 5.41) is 9.44. The summed E-state index contributed by atoms with van der Waals surface area (Å²) in [5.74, 6) is -0.312. The second kappa shape index (κ2) is 8.06. The van der Waals surface area contributed by atoms with E-state index in [9.17, 15) is 9.59 Å². The Kier molecular flexibility index (Phi) is 5.85. The van der Waals surface area contributed by atoms with Gasteiger partial charge in [0.1, 0.15) is 6.04 Å². The number of hydrogen-bond acceptors (Lipinski definition) is 4. The minimum Gasteiger partial charge on any atom is -0.366 e. The topological polar surface area (TPSA) is 100 Å². The minimum atomic E-state index is -0.418.